The number of hydrogen-bond acceptors (Lipinski definition) is 7. The first-order valence-electron chi connectivity index (χ1n) is 10.5. The summed E-state index contributed by atoms with van der Waals surface area (Å²) in [6.07, 6.45) is 1.59. The van der Waals surface area contributed by atoms with Crippen LogP contribution in [0.25, 0.3) is 0 Å². The molecule has 0 amide bonds. The van der Waals surface area contributed by atoms with Gasteiger partial charge in [0.05, 0.1) is 20.0 Å². The molecule has 2 aromatic carbocycles. The molecule has 0 aliphatic heterocycles. The van der Waals surface area contributed by atoms with E-state index in [0.717, 1.165) is 30.4 Å². The topological polar surface area (TPSA) is 66.2 Å². The molecular weight excluding hydrogens is 454 g/mol. The molecule has 2 aromatic heterocycles. The van der Waals surface area contributed by atoms with Gasteiger partial charge in [0.2, 0.25) is 0 Å². The molecule has 0 saturated heterocycles. The molecule has 0 aliphatic rings. The Balaban J connectivity index is 1.50. The lowest BCUT2D eigenvalue weighted by Crippen LogP contribution is -2.10. The Labute approximate surface area is 201 Å². The SMILES string of the molecule is COc1ccc(C(=O)CSc2nnc(Cc3cccs3)n2CCc2ccccc2)cc1OC. The fourth-order valence-electron chi connectivity index (χ4n) is 3.46. The molecule has 0 N–H and O–H groups in total. The highest BCUT2D eigenvalue weighted by Gasteiger charge is 2.17. The van der Waals surface area contributed by atoms with Crippen LogP contribution in [0.4, 0.5) is 0 Å². The fourth-order valence-corrected chi connectivity index (χ4v) is 5.04. The Morgan fingerprint density at radius 1 is 1.00 bits per heavy atom. The predicted molar refractivity (Wildman–Crippen MR) is 132 cm³/mol. The van der Waals surface area contributed by atoms with Crippen molar-refractivity contribution < 1.29 is 14.3 Å². The molecule has 4 rings (SSSR count). The summed E-state index contributed by atoms with van der Waals surface area (Å²) < 4.78 is 12.7. The number of Topliss-reactive ketones (excluding diaryl/α,β-unsaturated/α-hetero) is 1. The number of ether oxygens (including phenoxy) is 2. The van der Waals surface area contributed by atoms with Gasteiger partial charge in [-0.1, -0.05) is 48.2 Å². The van der Waals surface area contributed by atoms with Crippen LogP contribution in [0.15, 0.2) is 71.2 Å². The summed E-state index contributed by atoms with van der Waals surface area (Å²) in [6, 6.07) is 19.7. The van der Waals surface area contributed by atoms with Crippen molar-refractivity contribution in [3.63, 3.8) is 0 Å². The average molecular weight is 480 g/mol. The Hall–Kier alpha value is -3.10. The summed E-state index contributed by atoms with van der Waals surface area (Å²) in [5.74, 6) is 2.31. The standard InChI is InChI=1S/C25H25N3O3S2/c1-30-22-11-10-19(15-23(22)31-2)21(29)17-33-25-27-26-24(16-20-9-6-14-32-20)28(25)13-12-18-7-4-3-5-8-18/h3-11,14-15H,12-13,16-17H2,1-2H3. The third-order valence-corrected chi connectivity index (χ3v) is 7.05. The van der Waals surface area contributed by atoms with Crippen molar-refractivity contribution in [1.29, 1.82) is 0 Å². The van der Waals surface area contributed by atoms with Gasteiger partial charge in [0.25, 0.3) is 0 Å². The molecule has 33 heavy (non-hydrogen) atoms. The molecule has 4 aromatic rings. The van der Waals surface area contributed by atoms with Crippen LogP contribution >= 0.6 is 23.1 Å². The number of thiophene rings is 1. The van der Waals surface area contributed by atoms with Gasteiger partial charge in [-0.05, 0) is 41.6 Å². The molecule has 0 atom stereocenters. The van der Waals surface area contributed by atoms with Gasteiger partial charge < -0.3 is 14.0 Å². The van der Waals surface area contributed by atoms with Crippen LogP contribution in [-0.2, 0) is 19.4 Å². The minimum absolute atomic E-state index is 0.00151. The molecule has 0 fully saturated rings. The lowest BCUT2D eigenvalue weighted by Gasteiger charge is -2.11. The second-order valence-corrected chi connectivity index (χ2v) is 9.30. The van der Waals surface area contributed by atoms with Crippen molar-refractivity contribution >= 4 is 28.9 Å². The monoisotopic (exact) mass is 479 g/mol. The van der Waals surface area contributed by atoms with Crippen LogP contribution in [0.2, 0.25) is 0 Å². The minimum atomic E-state index is -0.00151. The highest BCUT2D eigenvalue weighted by molar-refractivity contribution is 7.99. The third-order valence-electron chi connectivity index (χ3n) is 5.21. The molecule has 0 aliphatic carbocycles. The molecule has 6 nitrogen and oxygen atoms in total. The summed E-state index contributed by atoms with van der Waals surface area (Å²) in [5.41, 5.74) is 1.83. The Kier molecular flexibility index (Phi) is 7.80. The largest absolute Gasteiger partial charge is 0.493 e. The van der Waals surface area contributed by atoms with Crippen molar-refractivity contribution in [2.24, 2.45) is 0 Å². The maximum atomic E-state index is 12.9. The van der Waals surface area contributed by atoms with E-state index in [0.29, 0.717) is 17.1 Å². The molecule has 8 heteroatoms. The van der Waals surface area contributed by atoms with E-state index in [9.17, 15) is 4.79 Å². The van der Waals surface area contributed by atoms with E-state index in [1.807, 2.05) is 24.3 Å². The summed E-state index contributed by atoms with van der Waals surface area (Å²) in [4.78, 5) is 14.1. The van der Waals surface area contributed by atoms with E-state index in [4.69, 9.17) is 9.47 Å². The first-order valence-corrected chi connectivity index (χ1v) is 12.4. The zero-order valence-electron chi connectivity index (χ0n) is 18.6. The molecule has 0 unspecified atom stereocenters. The fraction of sp³-hybridized carbons (Fsp3) is 0.240. The molecule has 170 valence electrons. The quantitative estimate of drug-likeness (QED) is 0.219. The van der Waals surface area contributed by atoms with Gasteiger partial charge in [-0.25, -0.2) is 0 Å². The summed E-state index contributed by atoms with van der Waals surface area (Å²) >= 11 is 3.12. The second kappa shape index (κ2) is 11.2. The normalized spacial score (nSPS) is 10.8. The highest BCUT2D eigenvalue weighted by atomic mass is 32.2. The first-order chi connectivity index (χ1) is 16.2. The third kappa shape index (κ3) is 5.83. The van der Waals surface area contributed by atoms with Gasteiger partial charge in [0.15, 0.2) is 22.4 Å². The number of hydrogen-bond donors (Lipinski definition) is 0. The lowest BCUT2D eigenvalue weighted by molar-refractivity contribution is 0.102. The zero-order chi connectivity index (χ0) is 23.0. The molecule has 0 spiro atoms. The van der Waals surface area contributed by atoms with E-state index in [1.54, 1.807) is 43.8 Å². The van der Waals surface area contributed by atoms with Crippen molar-refractivity contribution in [2.45, 2.75) is 24.5 Å². The molecule has 0 saturated carbocycles. The number of thioether (sulfide) groups is 1. The van der Waals surface area contributed by atoms with Gasteiger partial charge in [0.1, 0.15) is 5.82 Å². The number of nitrogens with zero attached hydrogens (tertiary/aromatic N) is 3. The second-order valence-electron chi connectivity index (χ2n) is 7.32. The van der Waals surface area contributed by atoms with Crippen molar-refractivity contribution in [2.75, 3.05) is 20.0 Å². The van der Waals surface area contributed by atoms with Crippen LogP contribution in [0.3, 0.4) is 0 Å². The van der Waals surface area contributed by atoms with Crippen LogP contribution < -0.4 is 9.47 Å². The molecule has 0 bridgehead atoms. The Morgan fingerprint density at radius 3 is 2.55 bits per heavy atom. The zero-order valence-corrected chi connectivity index (χ0v) is 20.2. The van der Waals surface area contributed by atoms with E-state index in [-0.39, 0.29) is 11.5 Å². The van der Waals surface area contributed by atoms with Gasteiger partial charge in [-0.2, -0.15) is 0 Å². The number of carbonyl (C=O) groups is 1. The predicted octanol–water partition coefficient (Wildman–Crippen LogP) is 5.17. The van der Waals surface area contributed by atoms with E-state index in [1.165, 1.54) is 22.2 Å². The number of benzene rings is 2. The van der Waals surface area contributed by atoms with Gasteiger partial charge in [-0.15, -0.1) is 21.5 Å². The van der Waals surface area contributed by atoms with Crippen molar-refractivity contribution in [3.8, 4) is 11.5 Å². The number of aromatic nitrogens is 3. The number of rotatable bonds is 11. The number of methoxy groups -OCH3 is 2. The highest BCUT2D eigenvalue weighted by Crippen LogP contribution is 2.29. The van der Waals surface area contributed by atoms with Crippen molar-refractivity contribution in [3.05, 3.63) is 87.9 Å². The maximum absolute atomic E-state index is 12.9. The van der Waals surface area contributed by atoms with Crippen LogP contribution in [0.1, 0.15) is 26.6 Å². The van der Waals surface area contributed by atoms with Gasteiger partial charge in [0, 0.05) is 23.4 Å². The van der Waals surface area contributed by atoms with Crippen LogP contribution in [0.5, 0.6) is 11.5 Å². The van der Waals surface area contributed by atoms with Gasteiger partial charge in [-0.3, -0.25) is 4.79 Å². The first kappa shape index (κ1) is 23.1. The summed E-state index contributed by atoms with van der Waals surface area (Å²) in [6.45, 7) is 0.755. The van der Waals surface area contributed by atoms with E-state index in [2.05, 4.69) is 38.3 Å². The summed E-state index contributed by atoms with van der Waals surface area (Å²) in [5, 5.41) is 11.7. The Bertz CT molecular complexity index is 1190. The summed E-state index contributed by atoms with van der Waals surface area (Å²) in [7, 11) is 3.14. The van der Waals surface area contributed by atoms with Gasteiger partial charge >= 0.3 is 0 Å². The Morgan fingerprint density at radius 2 is 1.82 bits per heavy atom. The maximum Gasteiger partial charge on any atom is 0.191 e. The van der Waals surface area contributed by atoms with E-state index < -0.39 is 0 Å². The molecule has 0 radical (unpaired) electrons. The number of ketones is 1. The van der Waals surface area contributed by atoms with Crippen LogP contribution in [-0.4, -0.2) is 40.5 Å². The minimum Gasteiger partial charge on any atom is -0.493 e. The average Bonchev–Trinajstić information content (AvgIpc) is 3.51. The lowest BCUT2D eigenvalue weighted by atomic mass is 10.1. The number of aryl methyl sites for hydroxylation is 1. The smallest absolute Gasteiger partial charge is 0.191 e. The molecule has 2 heterocycles. The van der Waals surface area contributed by atoms with E-state index >= 15 is 0 Å². The van der Waals surface area contributed by atoms with Crippen molar-refractivity contribution in [1.82, 2.24) is 14.8 Å². The molecular formula is C25H25N3O3S2. The van der Waals surface area contributed by atoms with Crippen LogP contribution in [0, 0.1) is 0 Å². The number of carbonyl (C=O) groups excluding carboxylic acids is 1.